The highest BCUT2D eigenvalue weighted by Crippen LogP contribution is 2.33. The monoisotopic (exact) mass is 462 g/mol. The van der Waals surface area contributed by atoms with Crippen LogP contribution in [-0.4, -0.2) is 30.4 Å². The van der Waals surface area contributed by atoms with E-state index in [1.165, 1.54) is 4.90 Å². The van der Waals surface area contributed by atoms with E-state index in [0.29, 0.717) is 40.0 Å². The first-order valence-electron chi connectivity index (χ1n) is 10.5. The Balaban J connectivity index is 1.71. The molecule has 0 aliphatic carbocycles. The zero-order valence-electron chi connectivity index (χ0n) is 18.3. The second-order valence-corrected chi connectivity index (χ2v) is 7.82. The maximum Gasteiger partial charge on any atom is 0.278 e. The van der Waals surface area contributed by atoms with E-state index in [1.807, 2.05) is 25.1 Å². The summed E-state index contributed by atoms with van der Waals surface area (Å²) < 4.78 is 10.8. The minimum atomic E-state index is -0.400. The van der Waals surface area contributed by atoms with Crippen molar-refractivity contribution in [1.82, 2.24) is 4.90 Å². The lowest BCUT2D eigenvalue weighted by Gasteiger charge is -2.15. The van der Waals surface area contributed by atoms with Gasteiger partial charge in [-0.2, -0.15) is 0 Å². The van der Waals surface area contributed by atoms with Crippen LogP contribution < -0.4 is 14.8 Å². The third-order valence-corrected chi connectivity index (χ3v) is 5.47. The van der Waals surface area contributed by atoms with Gasteiger partial charge in [-0.15, -0.1) is 0 Å². The Labute approximate surface area is 197 Å². The van der Waals surface area contributed by atoms with Crippen LogP contribution in [0.3, 0.4) is 0 Å². The fourth-order valence-electron chi connectivity index (χ4n) is 3.61. The van der Waals surface area contributed by atoms with Crippen molar-refractivity contribution in [3.05, 3.63) is 94.6 Å². The van der Waals surface area contributed by atoms with Crippen molar-refractivity contribution in [1.29, 1.82) is 0 Å². The molecule has 0 spiro atoms. The van der Waals surface area contributed by atoms with Crippen molar-refractivity contribution in [3.8, 4) is 11.5 Å². The van der Waals surface area contributed by atoms with Gasteiger partial charge in [-0.05, 0) is 54.4 Å². The van der Waals surface area contributed by atoms with E-state index in [2.05, 4.69) is 5.32 Å². The number of hydrogen-bond donors (Lipinski definition) is 1. The lowest BCUT2D eigenvalue weighted by atomic mass is 10.0. The number of carbonyl (C=O) groups is 2. The Morgan fingerprint density at radius 2 is 1.64 bits per heavy atom. The van der Waals surface area contributed by atoms with Crippen LogP contribution in [0.15, 0.2) is 78.5 Å². The Bertz CT molecular complexity index is 1200. The fourth-order valence-corrected chi connectivity index (χ4v) is 3.73. The summed E-state index contributed by atoms with van der Waals surface area (Å²) in [6.07, 6.45) is 0. The summed E-state index contributed by atoms with van der Waals surface area (Å²) in [5.74, 6) is 0.558. The Morgan fingerprint density at radius 3 is 2.30 bits per heavy atom. The van der Waals surface area contributed by atoms with E-state index in [-0.39, 0.29) is 18.1 Å². The second-order valence-electron chi connectivity index (χ2n) is 7.39. The molecule has 2 amide bonds. The molecule has 3 aromatic carbocycles. The zero-order chi connectivity index (χ0) is 23.4. The van der Waals surface area contributed by atoms with Gasteiger partial charge in [0.05, 0.1) is 25.8 Å². The first-order valence-corrected chi connectivity index (χ1v) is 10.9. The van der Waals surface area contributed by atoms with Gasteiger partial charge in [-0.25, -0.2) is 0 Å². The number of methoxy groups -OCH3 is 1. The number of imide groups is 1. The van der Waals surface area contributed by atoms with Gasteiger partial charge in [0.25, 0.3) is 11.8 Å². The van der Waals surface area contributed by atoms with Gasteiger partial charge in [0, 0.05) is 16.8 Å². The third-order valence-electron chi connectivity index (χ3n) is 5.22. The summed E-state index contributed by atoms with van der Waals surface area (Å²) in [7, 11) is 1.57. The van der Waals surface area contributed by atoms with E-state index in [1.54, 1.807) is 61.7 Å². The average molecular weight is 463 g/mol. The number of nitrogens with zero attached hydrogens (tertiary/aromatic N) is 1. The van der Waals surface area contributed by atoms with Crippen molar-refractivity contribution < 1.29 is 19.1 Å². The van der Waals surface area contributed by atoms with Gasteiger partial charge in [-0.3, -0.25) is 14.5 Å². The number of benzene rings is 3. The highest BCUT2D eigenvalue weighted by molar-refractivity contribution is 6.36. The normalized spacial score (nSPS) is 13.5. The molecular weight excluding hydrogens is 440 g/mol. The molecule has 0 saturated heterocycles. The highest BCUT2D eigenvalue weighted by Gasteiger charge is 2.39. The summed E-state index contributed by atoms with van der Waals surface area (Å²) in [5, 5.41) is 3.75. The van der Waals surface area contributed by atoms with E-state index in [0.717, 1.165) is 5.56 Å². The number of anilines is 1. The Morgan fingerprint density at radius 1 is 0.909 bits per heavy atom. The molecule has 168 valence electrons. The van der Waals surface area contributed by atoms with Crippen LogP contribution in [0.2, 0.25) is 5.02 Å². The van der Waals surface area contributed by atoms with Crippen molar-refractivity contribution >= 4 is 34.7 Å². The number of ether oxygens (including phenoxy) is 2. The molecule has 33 heavy (non-hydrogen) atoms. The Hall–Kier alpha value is -3.77. The molecule has 0 fully saturated rings. The standard InChI is InChI=1S/C26H23ClN2O4/c1-3-33-22-6-4-5-20(15-22)28-24-23(18-9-13-21(32-2)14-10-18)25(30)29(26(24)31)16-17-7-11-19(27)12-8-17/h4-15,28H,3,16H2,1-2H3. The average Bonchev–Trinajstić information content (AvgIpc) is 3.05. The van der Waals surface area contributed by atoms with Crippen LogP contribution >= 0.6 is 11.6 Å². The number of carbonyl (C=O) groups excluding carboxylic acids is 2. The van der Waals surface area contributed by atoms with E-state index in [9.17, 15) is 9.59 Å². The number of halogens is 1. The van der Waals surface area contributed by atoms with Gasteiger partial charge < -0.3 is 14.8 Å². The summed E-state index contributed by atoms with van der Waals surface area (Å²) in [6.45, 7) is 2.56. The van der Waals surface area contributed by atoms with Crippen molar-refractivity contribution in [2.75, 3.05) is 19.0 Å². The van der Waals surface area contributed by atoms with Crippen LogP contribution in [0, 0.1) is 0 Å². The maximum absolute atomic E-state index is 13.4. The van der Waals surface area contributed by atoms with Crippen LogP contribution in [0.5, 0.6) is 11.5 Å². The highest BCUT2D eigenvalue weighted by atomic mass is 35.5. The lowest BCUT2D eigenvalue weighted by molar-refractivity contribution is -0.137. The molecule has 1 aliphatic heterocycles. The number of hydrogen-bond acceptors (Lipinski definition) is 5. The SMILES string of the molecule is CCOc1cccc(NC2=C(c3ccc(OC)cc3)C(=O)N(Cc3ccc(Cl)cc3)C2=O)c1. The first-order chi connectivity index (χ1) is 16.0. The number of nitrogens with one attached hydrogen (secondary N) is 1. The van der Waals surface area contributed by atoms with Gasteiger partial charge in [0.1, 0.15) is 17.2 Å². The Kier molecular flexibility index (Phi) is 6.66. The third kappa shape index (κ3) is 4.86. The van der Waals surface area contributed by atoms with Gasteiger partial charge in [-0.1, -0.05) is 41.9 Å². The quantitative estimate of drug-likeness (QED) is 0.469. The van der Waals surface area contributed by atoms with Gasteiger partial charge in [0.15, 0.2) is 0 Å². The minimum absolute atomic E-state index is 0.138. The molecule has 1 heterocycles. The summed E-state index contributed by atoms with van der Waals surface area (Å²) >= 11 is 5.98. The first kappa shape index (κ1) is 22.4. The summed E-state index contributed by atoms with van der Waals surface area (Å²) in [5.41, 5.74) is 2.59. The molecule has 7 heteroatoms. The lowest BCUT2D eigenvalue weighted by Crippen LogP contribution is -2.32. The zero-order valence-corrected chi connectivity index (χ0v) is 19.1. The fraction of sp³-hybridized carbons (Fsp3) is 0.154. The molecule has 0 radical (unpaired) electrons. The second kappa shape index (κ2) is 9.79. The van der Waals surface area contributed by atoms with Crippen LogP contribution in [0.25, 0.3) is 5.57 Å². The molecule has 1 N–H and O–H groups in total. The molecule has 3 aromatic rings. The molecule has 0 atom stereocenters. The molecule has 0 unspecified atom stereocenters. The summed E-state index contributed by atoms with van der Waals surface area (Å²) in [4.78, 5) is 28.1. The van der Waals surface area contributed by atoms with Gasteiger partial charge >= 0.3 is 0 Å². The smallest absolute Gasteiger partial charge is 0.278 e. The molecular formula is C26H23ClN2O4. The largest absolute Gasteiger partial charge is 0.497 e. The van der Waals surface area contributed by atoms with E-state index < -0.39 is 5.91 Å². The van der Waals surface area contributed by atoms with Gasteiger partial charge in [0.2, 0.25) is 0 Å². The van der Waals surface area contributed by atoms with Crippen LogP contribution in [0.1, 0.15) is 18.1 Å². The van der Waals surface area contributed by atoms with Crippen LogP contribution in [0.4, 0.5) is 5.69 Å². The molecule has 0 aromatic heterocycles. The molecule has 1 aliphatic rings. The number of amides is 2. The molecule has 4 rings (SSSR count). The molecule has 0 saturated carbocycles. The maximum atomic E-state index is 13.4. The van der Waals surface area contributed by atoms with Crippen molar-refractivity contribution in [2.24, 2.45) is 0 Å². The minimum Gasteiger partial charge on any atom is -0.497 e. The van der Waals surface area contributed by atoms with Crippen molar-refractivity contribution in [3.63, 3.8) is 0 Å². The van der Waals surface area contributed by atoms with E-state index >= 15 is 0 Å². The van der Waals surface area contributed by atoms with E-state index in [4.69, 9.17) is 21.1 Å². The molecule has 6 nitrogen and oxygen atoms in total. The number of rotatable bonds is 8. The topological polar surface area (TPSA) is 67.9 Å². The van der Waals surface area contributed by atoms with Crippen LogP contribution in [-0.2, 0) is 16.1 Å². The summed E-state index contributed by atoms with van der Waals surface area (Å²) in [6, 6.07) is 21.4. The van der Waals surface area contributed by atoms with Crippen molar-refractivity contribution in [2.45, 2.75) is 13.5 Å². The molecule has 0 bridgehead atoms. The predicted molar refractivity (Wildman–Crippen MR) is 128 cm³/mol. The predicted octanol–water partition coefficient (Wildman–Crippen LogP) is 5.14.